The minimum absolute atomic E-state index is 0.150. The van der Waals surface area contributed by atoms with Crippen molar-refractivity contribution in [2.75, 3.05) is 5.73 Å². The standard InChI is InChI=1S/C42H27N11O31S8/c43-35-26(48-44-15-7-20-19(27(8-15)85(61,62)63)11-31(89(73,74)75)37(40(20)55)50-46-24-5-2-17(53(59)60)10-30(24)88(70,71)72)14-28(86(64,65)66)22-13-33(91(79,80)81)38(41(56)34(22)35)51-47-25-6-3-18-21(42(25)92(82,83)84)12-32(90(76,77)78)36(39(18)54)49-45-23-4-1-16(52(57)58)9-29(23)87(67,68)69/h1-14,54-56H,43H2,(H,61,62,63)(H,64,65,66)(H,67,68,69)(H,70,71,72)(H,73,74,75)(H,76,77,78)(H,79,80,81)(H,82,83,84)/b48-44+,49-45?,50-46?,51-47?. The number of rotatable bonds is 18. The van der Waals surface area contributed by atoms with Crippen LogP contribution in [0.1, 0.15) is 0 Å². The van der Waals surface area contributed by atoms with Crippen molar-refractivity contribution in [1.29, 1.82) is 0 Å². The lowest BCUT2D eigenvalue weighted by molar-refractivity contribution is -0.385. The molecule has 50 heteroatoms. The Bertz CT molecular complexity index is 5810. The molecule has 0 spiro atoms. The number of nitrogen functional groups attached to an aromatic ring is 1. The van der Waals surface area contributed by atoms with E-state index in [2.05, 4.69) is 40.9 Å². The summed E-state index contributed by atoms with van der Waals surface area (Å²) in [5.74, 6) is -4.72. The zero-order valence-electron chi connectivity index (χ0n) is 43.5. The van der Waals surface area contributed by atoms with Gasteiger partial charge in [-0.1, -0.05) is 0 Å². The van der Waals surface area contributed by atoms with Crippen molar-refractivity contribution in [1.82, 2.24) is 0 Å². The van der Waals surface area contributed by atoms with Crippen LogP contribution in [0.3, 0.4) is 0 Å². The van der Waals surface area contributed by atoms with Gasteiger partial charge in [0.2, 0.25) is 0 Å². The normalized spacial score (nSPS) is 13.4. The largest absolute Gasteiger partial charge is 0.505 e. The lowest BCUT2D eigenvalue weighted by Gasteiger charge is -2.15. The molecule has 0 fully saturated rings. The Morgan fingerprint density at radius 3 is 1.10 bits per heavy atom. The molecule has 92 heavy (non-hydrogen) atoms. The number of phenolic OH excluding ortho intramolecular Hbond substituents is 3. The molecule has 0 saturated carbocycles. The van der Waals surface area contributed by atoms with Crippen LogP contribution in [0.5, 0.6) is 17.2 Å². The Morgan fingerprint density at radius 1 is 0.326 bits per heavy atom. The molecule has 0 bridgehead atoms. The van der Waals surface area contributed by atoms with Gasteiger partial charge in [0.1, 0.15) is 79.0 Å². The fraction of sp³-hybridized carbons (Fsp3) is 0. The lowest BCUT2D eigenvalue weighted by atomic mass is 10.0. The van der Waals surface area contributed by atoms with Gasteiger partial charge in [-0.05, 0) is 60.7 Å². The van der Waals surface area contributed by atoms with Gasteiger partial charge < -0.3 is 21.1 Å². The molecule has 0 aliphatic rings. The van der Waals surface area contributed by atoms with Gasteiger partial charge in [0, 0.05) is 51.2 Å². The zero-order chi connectivity index (χ0) is 68.9. The van der Waals surface area contributed by atoms with Crippen LogP contribution >= 0.6 is 0 Å². The van der Waals surface area contributed by atoms with E-state index in [1.807, 2.05) is 0 Å². The number of anilines is 1. The highest BCUT2D eigenvalue weighted by Crippen LogP contribution is 2.51. The van der Waals surface area contributed by atoms with Gasteiger partial charge in [0.25, 0.3) is 92.3 Å². The fourth-order valence-corrected chi connectivity index (χ4v) is 13.8. The van der Waals surface area contributed by atoms with Gasteiger partial charge >= 0.3 is 0 Å². The number of aromatic hydroxyl groups is 3. The molecule has 42 nitrogen and oxygen atoms in total. The van der Waals surface area contributed by atoms with E-state index in [0.717, 1.165) is 0 Å². The van der Waals surface area contributed by atoms with Crippen LogP contribution in [-0.4, -0.2) is 129 Å². The van der Waals surface area contributed by atoms with Crippen LogP contribution in [-0.2, 0) is 80.9 Å². The Kier molecular flexibility index (Phi) is 17.2. The van der Waals surface area contributed by atoms with E-state index in [1.165, 1.54) is 0 Å². The van der Waals surface area contributed by atoms with Gasteiger partial charge in [-0.2, -0.15) is 72.5 Å². The van der Waals surface area contributed by atoms with E-state index in [9.17, 15) is 139 Å². The third kappa shape index (κ3) is 13.5. The molecular formula is C42H27N11O31S8. The number of nitro groups is 2. The highest BCUT2D eigenvalue weighted by Gasteiger charge is 2.33. The summed E-state index contributed by atoms with van der Waals surface area (Å²) in [6.45, 7) is 0. The van der Waals surface area contributed by atoms with E-state index in [-0.39, 0.29) is 36.4 Å². The number of benzene rings is 8. The maximum Gasteiger partial charge on any atom is 0.297 e. The number of hydrogen-bond acceptors (Lipinski definition) is 32. The average Bonchev–Trinajstić information content (AvgIpc) is 0.750. The van der Waals surface area contributed by atoms with Gasteiger partial charge in [0.05, 0.1) is 26.6 Å². The molecule has 0 aliphatic heterocycles. The zero-order valence-corrected chi connectivity index (χ0v) is 50.0. The molecule has 0 heterocycles. The predicted molar refractivity (Wildman–Crippen MR) is 303 cm³/mol. The van der Waals surface area contributed by atoms with Crippen molar-refractivity contribution in [3.05, 3.63) is 105 Å². The van der Waals surface area contributed by atoms with Crippen LogP contribution in [0.25, 0.3) is 32.3 Å². The van der Waals surface area contributed by atoms with Crippen LogP contribution in [0, 0.1) is 20.2 Å². The third-order valence-corrected chi connectivity index (χ3v) is 19.3. The van der Waals surface area contributed by atoms with Crippen molar-refractivity contribution < 1.29 is 129 Å². The van der Waals surface area contributed by atoms with Crippen LogP contribution in [0.2, 0.25) is 0 Å². The van der Waals surface area contributed by atoms with Crippen LogP contribution < -0.4 is 5.73 Å². The lowest BCUT2D eigenvalue weighted by Crippen LogP contribution is -2.04. The summed E-state index contributed by atoms with van der Waals surface area (Å²) in [7, 11) is -45.5. The van der Waals surface area contributed by atoms with E-state index in [0.29, 0.717) is 48.5 Å². The first-order valence-corrected chi connectivity index (χ1v) is 34.4. The Hall–Kier alpha value is -9.78. The van der Waals surface area contributed by atoms with Crippen LogP contribution in [0.4, 0.5) is 62.6 Å². The fourth-order valence-electron chi connectivity index (χ4n) is 8.32. The molecule has 8 aromatic rings. The summed E-state index contributed by atoms with van der Waals surface area (Å²) in [5.41, 5.74) is -6.20. The summed E-state index contributed by atoms with van der Waals surface area (Å²) in [5, 5.41) is 78.4. The molecule has 8 aromatic carbocycles. The number of nitro benzene ring substituents is 2. The molecule has 0 atom stereocenters. The van der Waals surface area contributed by atoms with Crippen molar-refractivity contribution in [3.63, 3.8) is 0 Å². The molecule has 0 saturated heterocycles. The smallest absolute Gasteiger partial charge is 0.297 e. The molecule has 0 radical (unpaired) electrons. The predicted octanol–water partition coefficient (Wildman–Crippen LogP) is 7.30. The minimum Gasteiger partial charge on any atom is -0.505 e. The Labute approximate surface area is 510 Å². The first kappa shape index (κ1) is 68.1. The van der Waals surface area contributed by atoms with Crippen molar-refractivity contribution in [3.8, 4) is 17.2 Å². The van der Waals surface area contributed by atoms with E-state index in [4.69, 9.17) is 5.73 Å². The summed E-state index contributed by atoms with van der Waals surface area (Å²) >= 11 is 0. The maximum absolute atomic E-state index is 13.1. The average molecular weight is 1440 g/mol. The molecule has 0 aromatic heterocycles. The van der Waals surface area contributed by atoms with Gasteiger partial charge in [0.15, 0.2) is 17.2 Å². The van der Waals surface area contributed by atoms with E-state index < -0.39 is 242 Å². The molecule has 13 N–H and O–H groups in total. The number of nitrogens with zero attached hydrogens (tertiary/aromatic N) is 10. The first-order chi connectivity index (χ1) is 42.0. The van der Waals surface area contributed by atoms with Gasteiger partial charge in [-0.25, -0.2) is 0 Å². The quantitative estimate of drug-likeness (QED) is 0.0132. The molecular weight excluding hydrogens is 1410 g/mol. The molecule has 8 rings (SSSR count). The number of nitrogens with two attached hydrogens (primary N) is 1. The van der Waals surface area contributed by atoms with E-state index >= 15 is 0 Å². The third-order valence-electron chi connectivity index (χ3n) is 12.2. The maximum atomic E-state index is 13.1. The Morgan fingerprint density at radius 2 is 0.685 bits per heavy atom. The van der Waals surface area contributed by atoms with Gasteiger partial charge in [-0.15, -0.1) is 35.8 Å². The summed E-state index contributed by atoms with van der Waals surface area (Å²) < 4.78 is 284. The minimum atomic E-state index is -5.91. The SMILES string of the molecule is Nc1c(/N=N/c2cc(S(=O)(=O)O)c3cc(S(=O)(=O)O)c(N=Nc4ccc([N+](=O)[O-])cc4S(=O)(=O)O)c(O)c3c2)cc(S(=O)(=O)O)c2cc(S(=O)(=O)O)c(N=Nc3ccc4c(O)c(N=Nc5ccc([N+](=O)[O-])cc5S(=O)(=O)O)c(S(=O)(=O)O)cc4c3S(=O)(=O)O)c(O)c12. The number of non-ortho nitro benzene ring substituents is 2. The van der Waals surface area contributed by atoms with Crippen molar-refractivity contribution >= 4 is 176 Å². The summed E-state index contributed by atoms with van der Waals surface area (Å²) in [6, 6.07) is 5.85. The summed E-state index contributed by atoms with van der Waals surface area (Å²) in [4.78, 5) is 8.35. The number of azo groups is 4. The second-order valence-electron chi connectivity index (χ2n) is 17.9. The van der Waals surface area contributed by atoms with Crippen molar-refractivity contribution in [2.45, 2.75) is 39.2 Å². The van der Waals surface area contributed by atoms with Crippen LogP contribution in [0.15, 0.2) is 165 Å². The second kappa shape index (κ2) is 23.2. The topological polar surface area (TPSA) is 707 Å². The molecule has 484 valence electrons. The monoisotopic (exact) mass is 1440 g/mol. The second-order valence-corrected chi connectivity index (χ2v) is 29.0. The number of hydrogen-bond donors (Lipinski definition) is 12. The van der Waals surface area contributed by atoms with Gasteiger partial charge in [-0.3, -0.25) is 56.7 Å². The summed E-state index contributed by atoms with van der Waals surface area (Å²) in [6.07, 6.45) is 0. The first-order valence-electron chi connectivity index (χ1n) is 22.8. The Balaban J connectivity index is 1.33. The molecule has 0 aliphatic carbocycles. The van der Waals surface area contributed by atoms with E-state index in [1.54, 1.807) is 0 Å². The van der Waals surface area contributed by atoms with Crippen molar-refractivity contribution in [2.24, 2.45) is 40.9 Å². The highest BCUT2D eigenvalue weighted by molar-refractivity contribution is 7.88. The molecule has 0 amide bonds. The highest BCUT2D eigenvalue weighted by atomic mass is 32.2. The number of phenols is 3. The molecule has 0 unspecified atom stereocenters. The number of fused-ring (bicyclic) bond motifs is 3.